The quantitative estimate of drug-likeness (QED) is 0.691. The van der Waals surface area contributed by atoms with Crippen molar-refractivity contribution in [1.82, 2.24) is 4.90 Å². The summed E-state index contributed by atoms with van der Waals surface area (Å²) < 4.78 is 0. The molecule has 0 amide bonds. The average Bonchev–Trinajstić information content (AvgIpc) is 2.23. The maximum absolute atomic E-state index is 2.48. The van der Waals surface area contributed by atoms with E-state index in [0.717, 1.165) is 19.6 Å². The minimum absolute atomic E-state index is 0.653. The Morgan fingerprint density at radius 3 is 2.40 bits per heavy atom. The molecular weight excluding hydrogens is 184 g/mol. The Labute approximate surface area is 92.5 Å². The van der Waals surface area contributed by atoms with Gasteiger partial charge in [-0.1, -0.05) is 17.7 Å². The van der Waals surface area contributed by atoms with Crippen LogP contribution in [0, 0.1) is 6.92 Å². The van der Waals surface area contributed by atoms with Gasteiger partial charge in [0, 0.05) is 31.4 Å². The number of anilines is 1. The molecule has 0 bridgehead atoms. The van der Waals surface area contributed by atoms with Crippen molar-refractivity contribution in [1.29, 1.82) is 0 Å². The maximum atomic E-state index is 2.48. The van der Waals surface area contributed by atoms with Crippen LogP contribution in [0.15, 0.2) is 24.3 Å². The van der Waals surface area contributed by atoms with Gasteiger partial charge in [-0.05, 0) is 33.0 Å². The van der Waals surface area contributed by atoms with Gasteiger partial charge < -0.3 is 9.80 Å². The molecular formula is C13H20N2. The first-order valence-corrected chi connectivity index (χ1v) is 5.68. The van der Waals surface area contributed by atoms with Crippen molar-refractivity contribution in [2.24, 2.45) is 0 Å². The number of rotatable bonds is 1. The van der Waals surface area contributed by atoms with Crippen molar-refractivity contribution in [3.05, 3.63) is 29.8 Å². The smallest absolute Gasteiger partial charge is 0.0367 e. The molecule has 1 unspecified atom stereocenters. The van der Waals surface area contributed by atoms with E-state index in [0.29, 0.717) is 6.04 Å². The van der Waals surface area contributed by atoms with E-state index < -0.39 is 0 Å². The molecule has 0 radical (unpaired) electrons. The highest BCUT2D eigenvalue weighted by atomic mass is 15.3. The van der Waals surface area contributed by atoms with Gasteiger partial charge in [-0.15, -0.1) is 0 Å². The monoisotopic (exact) mass is 204 g/mol. The molecule has 1 atom stereocenters. The van der Waals surface area contributed by atoms with E-state index in [4.69, 9.17) is 0 Å². The van der Waals surface area contributed by atoms with Crippen LogP contribution in [0.25, 0.3) is 0 Å². The molecule has 2 heteroatoms. The van der Waals surface area contributed by atoms with Crippen molar-refractivity contribution in [2.45, 2.75) is 19.9 Å². The van der Waals surface area contributed by atoms with Gasteiger partial charge in [0.1, 0.15) is 0 Å². The van der Waals surface area contributed by atoms with Gasteiger partial charge in [0.2, 0.25) is 0 Å². The molecule has 0 aromatic heterocycles. The number of benzene rings is 1. The fourth-order valence-corrected chi connectivity index (χ4v) is 2.04. The molecule has 0 saturated carbocycles. The van der Waals surface area contributed by atoms with Crippen LogP contribution in [0.1, 0.15) is 12.5 Å². The predicted molar refractivity (Wildman–Crippen MR) is 65.5 cm³/mol. The van der Waals surface area contributed by atoms with Crippen molar-refractivity contribution < 1.29 is 0 Å². The van der Waals surface area contributed by atoms with Crippen molar-refractivity contribution in [3.8, 4) is 0 Å². The first-order valence-electron chi connectivity index (χ1n) is 5.68. The summed E-state index contributed by atoms with van der Waals surface area (Å²) in [4.78, 5) is 4.90. The van der Waals surface area contributed by atoms with Crippen LogP contribution in [-0.4, -0.2) is 37.6 Å². The molecule has 0 aliphatic carbocycles. The molecule has 15 heavy (non-hydrogen) atoms. The molecule has 82 valence electrons. The van der Waals surface area contributed by atoms with E-state index in [2.05, 4.69) is 55.0 Å². The Kier molecular flexibility index (Phi) is 2.96. The summed E-state index contributed by atoms with van der Waals surface area (Å²) in [5, 5.41) is 0. The highest BCUT2D eigenvalue weighted by Gasteiger charge is 2.20. The van der Waals surface area contributed by atoms with E-state index in [-0.39, 0.29) is 0 Å². The number of hydrogen-bond donors (Lipinski definition) is 0. The first kappa shape index (κ1) is 10.5. The second kappa shape index (κ2) is 4.23. The van der Waals surface area contributed by atoms with Gasteiger partial charge in [-0.2, -0.15) is 0 Å². The van der Waals surface area contributed by atoms with Crippen molar-refractivity contribution in [2.75, 3.05) is 31.6 Å². The highest BCUT2D eigenvalue weighted by molar-refractivity contribution is 5.48. The topological polar surface area (TPSA) is 6.48 Å². The van der Waals surface area contributed by atoms with E-state index in [1.807, 2.05) is 0 Å². The molecule has 1 fully saturated rings. The molecule has 1 aromatic rings. The summed E-state index contributed by atoms with van der Waals surface area (Å²) >= 11 is 0. The van der Waals surface area contributed by atoms with E-state index in [1.165, 1.54) is 11.3 Å². The van der Waals surface area contributed by atoms with Crippen LogP contribution >= 0.6 is 0 Å². The van der Waals surface area contributed by atoms with Crippen LogP contribution in [0.2, 0.25) is 0 Å². The molecule has 2 rings (SSSR count). The van der Waals surface area contributed by atoms with Gasteiger partial charge in [0.25, 0.3) is 0 Å². The Hall–Kier alpha value is -1.02. The maximum Gasteiger partial charge on any atom is 0.0367 e. The van der Waals surface area contributed by atoms with E-state index >= 15 is 0 Å². The third-order valence-electron chi connectivity index (χ3n) is 3.36. The zero-order valence-electron chi connectivity index (χ0n) is 9.90. The number of nitrogens with zero attached hydrogens (tertiary/aromatic N) is 2. The molecule has 1 aliphatic heterocycles. The standard InChI is InChI=1S/C13H20N2/c1-11-4-6-13(7-5-11)15-9-8-14(3)12(2)10-15/h4-7,12H,8-10H2,1-3H3. The Morgan fingerprint density at radius 1 is 1.13 bits per heavy atom. The largest absolute Gasteiger partial charge is 0.369 e. The molecule has 0 N–H and O–H groups in total. The Bertz CT molecular complexity index is 318. The first-order chi connectivity index (χ1) is 7.16. The normalized spacial score (nSPS) is 23.1. The lowest BCUT2D eigenvalue weighted by Crippen LogP contribution is -2.50. The van der Waals surface area contributed by atoms with Crippen LogP contribution < -0.4 is 4.90 Å². The second-order valence-corrected chi connectivity index (χ2v) is 4.61. The zero-order valence-corrected chi connectivity index (χ0v) is 9.90. The molecule has 2 nitrogen and oxygen atoms in total. The summed E-state index contributed by atoms with van der Waals surface area (Å²) in [5.74, 6) is 0. The average molecular weight is 204 g/mol. The lowest BCUT2D eigenvalue weighted by molar-refractivity contribution is 0.234. The number of piperazine rings is 1. The van der Waals surface area contributed by atoms with Crippen molar-refractivity contribution in [3.63, 3.8) is 0 Å². The molecule has 1 saturated heterocycles. The third-order valence-corrected chi connectivity index (χ3v) is 3.36. The second-order valence-electron chi connectivity index (χ2n) is 4.61. The predicted octanol–water partition coefficient (Wildman–Crippen LogP) is 2.14. The number of aryl methyl sites for hydroxylation is 1. The molecule has 1 aliphatic rings. The molecule has 1 heterocycles. The number of hydrogen-bond acceptors (Lipinski definition) is 2. The van der Waals surface area contributed by atoms with Crippen LogP contribution in [0.5, 0.6) is 0 Å². The van der Waals surface area contributed by atoms with E-state index in [1.54, 1.807) is 0 Å². The fraction of sp³-hybridized carbons (Fsp3) is 0.538. The SMILES string of the molecule is Cc1ccc(N2CCN(C)C(C)C2)cc1. The highest BCUT2D eigenvalue weighted by Crippen LogP contribution is 2.18. The Morgan fingerprint density at radius 2 is 1.80 bits per heavy atom. The lowest BCUT2D eigenvalue weighted by atomic mass is 10.1. The Balaban J connectivity index is 2.08. The summed E-state index contributed by atoms with van der Waals surface area (Å²) in [6.07, 6.45) is 0. The summed E-state index contributed by atoms with van der Waals surface area (Å²) in [6, 6.07) is 9.50. The van der Waals surface area contributed by atoms with Gasteiger partial charge >= 0.3 is 0 Å². The van der Waals surface area contributed by atoms with Crippen molar-refractivity contribution >= 4 is 5.69 Å². The van der Waals surface area contributed by atoms with Crippen LogP contribution in [-0.2, 0) is 0 Å². The van der Waals surface area contributed by atoms with Gasteiger partial charge in [0.05, 0.1) is 0 Å². The third kappa shape index (κ3) is 2.32. The zero-order chi connectivity index (χ0) is 10.8. The van der Waals surface area contributed by atoms with Crippen LogP contribution in [0.4, 0.5) is 5.69 Å². The van der Waals surface area contributed by atoms with Gasteiger partial charge in [-0.25, -0.2) is 0 Å². The minimum atomic E-state index is 0.653. The fourth-order valence-electron chi connectivity index (χ4n) is 2.04. The van der Waals surface area contributed by atoms with Gasteiger partial charge in [-0.3, -0.25) is 0 Å². The van der Waals surface area contributed by atoms with E-state index in [9.17, 15) is 0 Å². The summed E-state index contributed by atoms with van der Waals surface area (Å²) in [6.45, 7) is 7.87. The molecule has 0 spiro atoms. The van der Waals surface area contributed by atoms with Gasteiger partial charge in [0.15, 0.2) is 0 Å². The van der Waals surface area contributed by atoms with Crippen LogP contribution in [0.3, 0.4) is 0 Å². The summed E-state index contributed by atoms with van der Waals surface area (Å²) in [5.41, 5.74) is 2.70. The lowest BCUT2D eigenvalue weighted by Gasteiger charge is -2.39. The minimum Gasteiger partial charge on any atom is -0.369 e. The molecule has 1 aromatic carbocycles. The summed E-state index contributed by atoms with van der Waals surface area (Å²) in [7, 11) is 2.21. The number of likely N-dealkylation sites (N-methyl/N-ethyl adjacent to an activating group) is 1.